The van der Waals surface area contributed by atoms with Crippen LogP contribution in [0.25, 0.3) is 0 Å². The summed E-state index contributed by atoms with van der Waals surface area (Å²) < 4.78 is 30.7. The molecule has 0 aromatic heterocycles. The van der Waals surface area contributed by atoms with E-state index in [2.05, 4.69) is 111 Å². The van der Waals surface area contributed by atoms with Gasteiger partial charge >= 0.3 is 13.8 Å². The second-order valence-corrected chi connectivity index (χ2v) is 25.4. The van der Waals surface area contributed by atoms with E-state index in [4.69, 9.17) is 13.8 Å². The average molecular weight is 1170 g/mol. The molecule has 9 nitrogen and oxygen atoms in total. The number of quaternary nitrogens is 1. The number of ether oxygens (including phenoxy) is 1. The van der Waals surface area contributed by atoms with Crippen molar-refractivity contribution in [2.75, 3.05) is 40.9 Å². The fraction of sp³-hybridized carbons (Fsp3) is 0.750. The summed E-state index contributed by atoms with van der Waals surface area (Å²) in [6.07, 6.45) is 82.7. The first-order valence-electron chi connectivity index (χ1n) is 34.1. The molecule has 82 heavy (non-hydrogen) atoms. The lowest BCUT2D eigenvalue weighted by atomic mass is 10.0. The van der Waals surface area contributed by atoms with Gasteiger partial charge in [0, 0.05) is 12.8 Å². The van der Waals surface area contributed by atoms with Crippen LogP contribution in [0.2, 0.25) is 0 Å². The summed E-state index contributed by atoms with van der Waals surface area (Å²) in [6.45, 7) is 6.95. The molecule has 2 N–H and O–H groups in total. The molecule has 0 radical (unpaired) electrons. The number of hydrogen-bond acceptors (Lipinski definition) is 6. The maximum Gasteiger partial charge on any atom is 0.472 e. The van der Waals surface area contributed by atoms with Gasteiger partial charge in [0.2, 0.25) is 5.91 Å². The third-order valence-electron chi connectivity index (χ3n) is 14.7. The van der Waals surface area contributed by atoms with E-state index in [-0.39, 0.29) is 31.5 Å². The predicted octanol–water partition coefficient (Wildman–Crippen LogP) is 21.5. The van der Waals surface area contributed by atoms with Gasteiger partial charge in [0.15, 0.2) is 0 Å². The third-order valence-corrected chi connectivity index (χ3v) is 15.7. The lowest BCUT2D eigenvalue weighted by Crippen LogP contribution is -2.47. The number of nitrogens with one attached hydrogen (secondary N) is 1. The van der Waals surface area contributed by atoms with Crippen LogP contribution in [0.4, 0.5) is 0 Å². The van der Waals surface area contributed by atoms with Gasteiger partial charge in [0.05, 0.1) is 33.8 Å². The van der Waals surface area contributed by atoms with Crippen LogP contribution in [0.5, 0.6) is 0 Å². The quantitative estimate of drug-likeness (QED) is 0.0205. The Kier molecular flexibility index (Phi) is 58.7. The minimum atomic E-state index is -4.46. The number of nitrogens with zero attached hydrogens (tertiary/aromatic N) is 1. The van der Waals surface area contributed by atoms with E-state index in [0.29, 0.717) is 23.9 Å². The van der Waals surface area contributed by atoms with Gasteiger partial charge in [-0.1, -0.05) is 266 Å². The smallest absolute Gasteiger partial charge is 0.456 e. The lowest BCUT2D eigenvalue weighted by Gasteiger charge is -2.27. The molecule has 10 heteroatoms. The van der Waals surface area contributed by atoms with Crippen molar-refractivity contribution in [3.05, 3.63) is 97.2 Å². The number of unbranched alkanes of at least 4 members (excludes halogenated alkanes) is 31. The molecule has 0 spiro atoms. The summed E-state index contributed by atoms with van der Waals surface area (Å²) in [7, 11) is 1.47. The average Bonchev–Trinajstić information content (AvgIpc) is 3.47. The Morgan fingerprint density at radius 3 is 1.13 bits per heavy atom. The highest BCUT2D eigenvalue weighted by molar-refractivity contribution is 7.47. The second-order valence-electron chi connectivity index (χ2n) is 24.0. The van der Waals surface area contributed by atoms with Crippen molar-refractivity contribution < 1.29 is 37.3 Å². The molecule has 474 valence electrons. The van der Waals surface area contributed by atoms with Crippen molar-refractivity contribution >= 4 is 19.7 Å². The van der Waals surface area contributed by atoms with Crippen molar-refractivity contribution in [3.63, 3.8) is 0 Å². The lowest BCUT2D eigenvalue weighted by molar-refractivity contribution is -0.870. The molecule has 0 fully saturated rings. The van der Waals surface area contributed by atoms with Crippen molar-refractivity contribution in [1.82, 2.24) is 5.32 Å². The van der Waals surface area contributed by atoms with E-state index in [1.807, 2.05) is 33.3 Å². The molecule has 1 amide bonds. The molecule has 0 bridgehead atoms. The van der Waals surface area contributed by atoms with E-state index in [0.717, 1.165) is 96.3 Å². The van der Waals surface area contributed by atoms with Crippen molar-refractivity contribution in [2.24, 2.45) is 0 Å². The summed E-state index contributed by atoms with van der Waals surface area (Å²) in [4.78, 5) is 37.8. The van der Waals surface area contributed by atoms with Gasteiger partial charge in [0.1, 0.15) is 19.3 Å². The molecule has 0 rings (SSSR count). The number of carbonyl (C=O) groups excluding carboxylic acids is 2. The Morgan fingerprint density at radius 2 is 0.744 bits per heavy atom. The first-order chi connectivity index (χ1) is 39.9. The largest absolute Gasteiger partial charge is 0.472 e. The monoisotopic (exact) mass is 1170 g/mol. The molecule has 0 aliphatic heterocycles. The maximum absolute atomic E-state index is 13.6. The maximum atomic E-state index is 13.6. The molecular formula is C72H130N2O7P+. The van der Waals surface area contributed by atoms with Crippen molar-refractivity contribution in [1.29, 1.82) is 0 Å². The van der Waals surface area contributed by atoms with E-state index in [1.165, 1.54) is 161 Å². The van der Waals surface area contributed by atoms with Gasteiger partial charge in [-0.3, -0.25) is 18.6 Å². The van der Waals surface area contributed by atoms with Crippen LogP contribution in [-0.4, -0.2) is 74.3 Å². The number of phosphoric acid groups is 1. The van der Waals surface area contributed by atoms with Crippen LogP contribution in [0.3, 0.4) is 0 Å². The topological polar surface area (TPSA) is 111 Å². The highest BCUT2D eigenvalue weighted by atomic mass is 31.2. The number of likely N-dealkylation sites (N-methyl/N-ethyl adjacent to an activating group) is 1. The Balaban J connectivity index is 5.12. The summed E-state index contributed by atoms with van der Waals surface area (Å²) in [5, 5.41) is 3.06. The number of rotatable bonds is 61. The van der Waals surface area contributed by atoms with Crippen LogP contribution in [0, 0.1) is 0 Å². The molecular weight excluding hydrogens is 1040 g/mol. The molecule has 0 saturated carbocycles. The van der Waals surface area contributed by atoms with Crippen LogP contribution >= 0.6 is 7.82 Å². The summed E-state index contributed by atoms with van der Waals surface area (Å²) in [5.41, 5.74) is 0. The zero-order chi connectivity index (χ0) is 60.0. The Bertz CT molecular complexity index is 1720. The number of carbonyl (C=O) groups is 2. The van der Waals surface area contributed by atoms with Gasteiger partial charge in [-0.05, 0) is 115 Å². The highest BCUT2D eigenvalue weighted by Crippen LogP contribution is 2.43. The van der Waals surface area contributed by atoms with Gasteiger partial charge < -0.3 is 19.4 Å². The third kappa shape index (κ3) is 61.5. The molecule has 3 atom stereocenters. The Labute approximate surface area is 507 Å². The number of phosphoric ester groups is 1. The van der Waals surface area contributed by atoms with E-state index < -0.39 is 20.0 Å². The normalized spacial score (nSPS) is 14.2. The number of allylic oxidation sites excluding steroid dienone is 15. The highest BCUT2D eigenvalue weighted by Gasteiger charge is 2.30. The van der Waals surface area contributed by atoms with Crippen LogP contribution in [0.1, 0.15) is 297 Å². The van der Waals surface area contributed by atoms with Crippen molar-refractivity contribution in [2.45, 2.75) is 309 Å². The van der Waals surface area contributed by atoms with Gasteiger partial charge in [-0.2, -0.15) is 0 Å². The summed E-state index contributed by atoms with van der Waals surface area (Å²) in [5.74, 6) is -0.533. The van der Waals surface area contributed by atoms with Crippen LogP contribution < -0.4 is 5.32 Å². The zero-order valence-corrected chi connectivity index (χ0v) is 55.1. The first-order valence-corrected chi connectivity index (χ1v) is 35.6. The van der Waals surface area contributed by atoms with Gasteiger partial charge in [0.25, 0.3) is 0 Å². The van der Waals surface area contributed by atoms with E-state index in [1.54, 1.807) is 0 Å². The molecule has 0 saturated heterocycles. The number of esters is 1. The minimum Gasteiger partial charge on any atom is -0.456 e. The fourth-order valence-corrected chi connectivity index (χ4v) is 10.2. The minimum absolute atomic E-state index is 0.0320. The molecule has 0 heterocycles. The Morgan fingerprint density at radius 1 is 0.427 bits per heavy atom. The summed E-state index contributed by atoms with van der Waals surface area (Å²) in [6, 6.07) is -0.865. The fourth-order valence-electron chi connectivity index (χ4n) is 9.46. The van der Waals surface area contributed by atoms with Crippen LogP contribution in [0.15, 0.2) is 97.2 Å². The molecule has 0 aromatic carbocycles. The van der Waals surface area contributed by atoms with Crippen LogP contribution in [-0.2, 0) is 27.9 Å². The Hall–Kier alpha value is -3.07. The molecule has 0 aromatic rings. The predicted molar refractivity (Wildman–Crippen MR) is 355 cm³/mol. The van der Waals surface area contributed by atoms with E-state index >= 15 is 0 Å². The second kappa shape index (κ2) is 61.0. The number of amides is 1. The van der Waals surface area contributed by atoms with Gasteiger partial charge in [-0.15, -0.1) is 0 Å². The van der Waals surface area contributed by atoms with Gasteiger partial charge in [-0.25, -0.2) is 4.57 Å². The molecule has 3 unspecified atom stereocenters. The summed E-state index contributed by atoms with van der Waals surface area (Å²) >= 11 is 0. The zero-order valence-electron chi connectivity index (χ0n) is 54.2. The molecule has 0 aliphatic rings. The SMILES string of the molecule is CCCCC/C=C\C/C=C\C/C=C\C/C=C\CCCCCCCCCCCCCC(=O)NC(COP(=O)(O)OCC[N+](C)(C)C)C(/C=C\CCCCCCCCCCCC)OC(=O)CCCCCC/C=C\C/C=C\C/C=C\CCCCC. The molecule has 0 aliphatic carbocycles. The first kappa shape index (κ1) is 78.9. The number of hydrogen-bond donors (Lipinski definition) is 2. The van der Waals surface area contributed by atoms with E-state index in [9.17, 15) is 19.0 Å². The standard InChI is InChI=1S/C72H129N2O7P/c1-7-10-13-16-19-22-25-28-30-32-33-34-35-36-37-38-39-40-41-43-44-46-49-52-55-58-61-64-71(75)73-69(68-80-82(77,78)79-67-66-74(4,5)6)70(63-60-57-54-51-48-27-24-21-18-15-12-9-3)81-72(76)65-62-59-56-53-50-47-45-42-31-29-26-23-20-17-14-11-8-2/h19-20,22-23,28-31,33-34,36-37,45,47,60,63,69-70H,7-18,21,24-27,32,35,38-44,46,48-59,61-62,64-68H2,1-6H3,(H-,73,75,77,78)/p+1/b22-19-,23-20-,30-28-,31-29-,34-33-,37-36-,47-45-,63-60-. The van der Waals surface area contributed by atoms with Crippen molar-refractivity contribution in [3.8, 4) is 0 Å².